The van der Waals surface area contributed by atoms with E-state index in [-0.39, 0.29) is 29.2 Å². The molecule has 6 heterocycles. The Bertz CT molecular complexity index is 1450. The van der Waals surface area contributed by atoms with Gasteiger partial charge in [0.05, 0.1) is 24.9 Å². The zero-order valence-electron chi connectivity index (χ0n) is 18.9. The number of nitrogens with zero attached hydrogens (tertiary/aromatic N) is 8. The van der Waals surface area contributed by atoms with Gasteiger partial charge in [-0.3, -0.25) is 9.13 Å². The lowest BCUT2D eigenvalue weighted by atomic mass is 9.91. The van der Waals surface area contributed by atoms with E-state index in [1.807, 2.05) is 0 Å². The van der Waals surface area contributed by atoms with Crippen LogP contribution in [0.2, 0.25) is 0 Å². The molecule has 0 radical (unpaired) electrons. The van der Waals surface area contributed by atoms with E-state index >= 15 is 0 Å². The molecular weight excluding hydrogens is 476 g/mol. The second-order valence-corrected chi connectivity index (χ2v) is 8.94. The SMILES string of the molecule is C[C@H]1O[C@@](C(O)[C@H]2O[C@@H](n3cnc4c(N)ncnc43)C[C@@H]2O)(n2cnc3c(N)ncnc32)[C@H](O)[C@@H]1O. The minimum atomic E-state index is -2.03. The molecule has 8 atom stereocenters. The van der Waals surface area contributed by atoms with Crippen molar-refractivity contribution in [1.82, 2.24) is 39.0 Å². The maximum Gasteiger partial charge on any atom is 0.205 e. The summed E-state index contributed by atoms with van der Waals surface area (Å²) in [6.07, 6.45) is -3.59. The number of nitrogens with two attached hydrogens (primary N) is 2. The maximum absolute atomic E-state index is 11.7. The number of nitrogen functional groups attached to an aromatic ring is 2. The average molecular weight is 500 g/mol. The molecule has 2 saturated heterocycles. The number of anilines is 2. The van der Waals surface area contributed by atoms with E-state index in [0.29, 0.717) is 11.2 Å². The second kappa shape index (κ2) is 7.99. The molecule has 0 aliphatic carbocycles. The normalized spacial score (nSPS) is 33.6. The quantitative estimate of drug-likeness (QED) is 0.172. The lowest BCUT2D eigenvalue weighted by Gasteiger charge is -2.40. The van der Waals surface area contributed by atoms with E-state index in [1.54, 1.807) is 11.5 Å². The van der Waals surface area contributed by atoms with E-state index in [9.17, 15) is 20.4 Å². The molecule has 36 heavy (non-hydrogen) atoms. The van der Waals surface area contributed by atoms with Crippen LogP contribution >= 0.6 is 0 Å². The summed E-state index contributed by atoms with van der Waals surface area (Å²) < 4.78 is 15.0. The summed E-state index contributed by atoms with van der Waals surface area (Å²) in [6, 6.07) is 0. The Morgan fingerprint density at radius 1 is 0.972 bits per heavy atom. The van der Waals surface area contributed by atoms with Gasteiger partial charge in [-0.2, -0.15) is 0 Å². The number of ether oxygens (including phenoxy) is 2. The fourth-order valence-electron chi connectivity index (χ4n) is 5.08. The van der Waals surface area contributed by atoms with Gasteiger partial charge in [0.1, 0.15) is 54.3 Å². The zero-order chi connectivity index (χ0) is 25.4. The molecule has 190 valence electrons. The van der Waals surface area contributed by atoms with Crippen LogP contribution in [0.3, 0.4) is 0 Å². The predicted octanol–water partition coefficient (Wildman–Crippen LogP) is -2.37. The van der Waals surface area contributed by atoms with Gasteiger partial charge < -0.3 is 41.4 Å². The Balaban J connectivity index is 1.41. The van der Waals surface area contributed by atoms with E-state index in [4.69, 9.17) is 20.9 Å². The van der Waals surface area contributed by atoms with Crippen LogP contribution in [0.5, 0.6) is 0 Å². The third kappa shape index (κ3) is 3.03. The van der Waals surface area contributed by atoms with Crippen LogP contribution < -0.4 is 11.5 Å². The van der Waals surface area contributed by atoms with E-state index < -0.39 is 48.6 Å². The van der Waals surface area contributed by atoms with Crippen LogP contribution in [-0.2, 0) is 15.2 Å². The number of aliphatic hydroxyl groups is 4. The molecule has 16 heteroatoms. The van der Waals surface area contributed by atoms with Gasteiger partial charge in [-0.25, -0.2) is 29.9 Å². The number of aromatic nitrogens is 8. The molecule has 1 unspecified atom stereocenters. The number of hydrogen-bond acceptors (Lipinski definition) is 14. The van der Waals surface area contributed by atoms with Crippen molar-refractivity contribution >= 4 is 34.0 Å². The first-order valence-corrected chi connectivity index (χ1v) is 11.2. The number of rotatable bonds is 4. The van der Waals surface area contributed by atoms with Gasteiger partial charge in [0.25, 0.3) is 0 Å². The van der Waals surface area contributed by atoms with E-state index in [0.717, 1.165) is 0 Å². The molecule has 4 aromatic heterocycles. The Kier molecular flexibility index (Phi) is 5.08. The number of aliphatic hydroxyl groups excluding tert-OH is 4. The molecule has 0 spiro atoms. The summed E-state index contributed by atoms with van der Waals surface area (Å²) in [7, 11) is 0. The summed E-state index contributed by atoms with van der Waals surface area (Å²) in [5, 5.41) is 44.4. The summed E-state index contributed by atoms with van der Waals surface area (Å²) in [5.41, 5.74) is 10.9. The highest BCUT2D eigenvalue weighted by molar-refractivity contribution is 5.82. The molecule has 0 bridgehead atoms. The summed E-state index contributed by atoms with van der Waals surface area (Å²) >= 11 is 0. The lowest BCUT2D eigenvalue weighted by Crippen LogP contribution is -2.59. The van der Waals surface area contributed by atoms with Gasteiger partial charge in [-0.1, -0.05) is 0 Å². The maximum atomic E-state index is 11.7. The highest BCUT2D eigenvalue weighted by atomic mass is 16.6. The molecule has 2 aliphatic rings. The minimum Gasteiger partial charge on any atom is -0.390 e. The third-order valence-electron chi connectivity index (χ3n) is 6.91. The molecule has 0 amide bonds. The predicted molar refractivity (Wildman–Crippen MR) is 121 cm³/mol. The first-order chi connectivity index (χ1) is 17.2. The molecule has 2 fully saturated rings. The lowest BCUT2D eigenvalue weighted by molar-refractivity contribution is -0.238. The Morgan fingerprint density at radius 3 is 2.28 bits per heavy atom. The minimum absolute atomic E-state index is 0.0567. The van der Waals surface area contributed by atoms with Crippen LogP contribution in [0, 0.1) is 0 Å². The van der Waals surface area contributed by atoms with Crippen molar-refractivity contribution in [3.63, 3.8) is 0 Å². The largest absolute Gasteiger partial charge is 0.390 e. The van der Waals surface area contributed by atoms with Crippen molar-refractivity contribution < 1.29 is 29.9 Å². The smallest absolute Gasteiger partial charge is 0.205 e. The van der Waals surface area contributed by atoms with Crippen molar-refractivity contribution in [3.05, 3.63) is 25.3 Å². The first kappa shape index (κ1) is 22.9. The molecule has 2 aliphatic heterocycles. The Morgan fingerprint density at radius 2 is 1.61 bits per heavy atom. The van der Waals surface area contributed by atoms with Crippen LogP contribution in [0.1, 0.15) is 19.6 Å². The van der Waals surface area contributed by atoms with Gasteiger partial charge >= 0.3 is 0 Å². The molecule has 16 nitrogen and oxygen atoms in total. The average Bonchev–Trinajstić information content (AvgIpc) is 3.62. The number of hydrogen-bond donors (Lipinski definition) is 6. The summed E-state index contributed by atoms with van der Waals surface area (Å²) in [5.74, 6) is 0.265. The number of fused-ring (bicyclic) bond motifs is 2. The van der Waals surface area contributed by atoms with Crippen molar-refractivity contribution in [2.75, 3.05) is 11.5 Å². The van der Waals surface area contributed by atoms with E-state index in [2.05, 4.69) is 29.9 Å². The van der Waals surface area contributed by atoms with Crippen LogP contribution in [0.25, 0.3) is 22.3 Å². The van der Waals surface area contributed by atoms with Crippen LogP contribution in [0.15, 0.2) is 25.3 Å². The second-order valence-electron chi connectivity index (χ2n) is 8.94. The van der Waals surface area contributed by atoms with Gasteiger partial charge in [0.15, 0.2) is 22.9 Å². The molecule has 4 aromatic rings. The van der Waals surface area contributed by atoms with Gasteiger partial charge in [0.2, 0.25) is 5.72 Å². The Labute approximate surface area is 202 Å². The van der Waals surface area contributed by atoms with Crippen molar-refractivity contribution in [3.8, 4) is 0 Å². The van der Waals surface area contributed by atoms with Gasteiger partial charge in [-0.15, -0.1) is 0 Å². The zero-order valence-corrected chi connectivity index (χ0v) is 18.9. The van der Waals surface area contributed by atoms with Crippen molar-refractivity contribution in [2.24, 2.45) is 0 Å². The highest BCUT2D eigenvalue weighted by Crippen LogP contribution is 2.45. The fourth-order valence-corrected chi connectivity index (χ4v) is 5.08. The first-order valence-electron chi connectivity index (χ1n) is 11.2. The van der Waals surface area contributed by atoms with Gasteiger partial charge in [0, 0.05) is 6.42 Å². The van der Waals surface area contributed by atoms with Crippen molar-refractivity contribution in [1.29, 1.82) is 0 Å². The van der Waals surface area contributed by atoms with Gasteiger partial charge in [-0.05, 0) is 6.92 Å². The van der Waals surface area contributed by atoms with E-state index in [1.165, 1.54) is 29.9 Å². The standard InChI is InChI=1S/C20H24N10O6/c1-7-12(32)14(33)20(36-7,30-6-28-11-17(22)24-4-26-19(11)30)15(34)13-8(31)2-9(35-13)29-5-27-10-16(21)23-3-25-18(10)29/h3-9,12-15,31-34H,2H2,1H3,(H2,21,23,25)(H2,22,24,26)/t7-,8+,9-,12-,13+,14-,15?,20+/m1/s1. The van der Waals surface area contributed by atoms with Crippen LogP contribution in [0.4, 0.5) is 11.6 Å². The summed E-state index contributed by atoms with van der Waals surface area (Å²) in [4.78, 5) is 24.6. The summed E-state index contributed by atoms with van der Waals surface area (Å²) in [6.45, 7) is 1.54. The molecule has 8 N–H and O–H groups in total. The number of imidazole rings is 2. The third-order valence-corrected chi connectivity index (χ3v) is 6.91. The topological polar surface area (TPSA) is 239 Å². The fraction of sp³-hybridized carbons (Fsp3) is 0.500. The molecule has 6 rings (SSSR count). The monoisotopic (exact) mass is 500 g/mol. The van der Waals surface area contributed by atoms with Crippen molar-refractivity contribution in [2.45, 2.75) is 61.9 Å². The molecule has 0 aromatic carbocycles. The highest BCUT2D eigenvalue weighted by Gasteiger charge is 2.63. The molecular formula is C20H24N10O6. The Hall–Kier alpha value is -3.54. The van der Waals surface area contributed by atoms with Crippen LogP contribution in [-0.4, -0.2) is 96.1 Å². The molecule has 0 saturated carbocycles.